The summed E-state index contributed by atoms with van der Waals surface area (Å²) in [6, 6.07) is 17.1. The minimum Gasteiger partial charge on any atom is -0.490 e. The number of benzene rings is 3. The molecule has 7 nitrogen and oxygen atoms in total. The number of carbonyl (C=O) groups excluding carboxylic acids is 2. The summed E-state index contributed by atoms with van der Waals surface area (Å²) in [7, 11) is 0. The molecule has 3 aromatic rings. The number of rotatable bonds is 10. The third-order valence-corrected chi connectivity index (χ3v) is 5.45. The van der Waals surface area contributed by atoms with Crippen molar-refractivity contribution in [1.82, 2.24) is 5.43 Å². The molecule has 3 aromatic carbocycles. The van der Waals surface area contributed by atoms with Crippen molar-refractivity contribution in [2.45, 2.75) is 20.0 Å². The molecule has 0 radical (unpaired) electrons. The fourth-order valence-corrected chi connectivity index (χ4v) is 3.55. The summed E-state index contributed by atoms with van der Waals surface area (Å²) in [6.07, 6.45) is 1.03. The molecule has 0 aromatic heterocycles. The van der Waals surface area contributed by atoms with Crippen LogP contribution in [-0.4, -0.2) is 24.6 Å². The van der Waals surface area contributed by atoms with E-state index in [4.69, 9.17) is 44.3 Å². The molecule has 0 fully saturated rings. The Hall–Kier alpha value is -3.26. The number of nitrogens with zero attached hydrogens (tertiary/aromatic N) is 1. The molecule has 3 rings (SSSR count). The Morgan fingerprint density at radius 2 is 1.71 bits per heavy atom. The van der Waals surface area contributed by atoms with Gasteiger partial charge in [-0.3, -0.25) is 9.59 Å². The zero-order chi connectivity index (χ0) is 25.2. The minimum atomic E-state index is -0.573. The number of hydrogen-bond donors (Lipinski definition) is 2. The van der Waals surface area contributed by atoms with Gasteiger partial charge in [-0.1, -0.05) is 53.0 Å². The summed E-state index contributed by atoms with van der Waals surface area (Å²) in [5, 5.41) is 7.92. The first kappa shape index (κ1) is 26.3. The molecule has 0 aliphatic carbocycles. The lowest BCUT2D eigenvalue weighted by atomic mass is 10.2. The van der Waals surface area contributed by atoms with Gasteiger partial charge in [0.15, 0.2) is 11.5 Å². The van der Waals surface area contributed by atoms with Crippen molar-refractivity contribution < 1.29 is 19.1 Å². The largest absolute Gasteiger partial charge is 0.490 e. The Labute approximate surface area is 218 Å². The average Bonchev–Trinajstić information content (AvgIpc) is 2.81. The van der Waals surface area contributed by atoms with Gasteiger partial charge in [-0.25, -0.2) is 5.43 Å². The second-order valence-corrected chi connectivity index (χ2v) is 8.41. The third-order valence-electron chi connectivity index (χ3n) is 4.54. The van der Waals surface area contributed by atoms with Crippen molar-refractivity contribution in [1.29, 1.82) is 0 Å². The van der Waals surface area contributed by atoms with Crippen LogP contribution < -0.4 is 20.2 Å². The molecule has 2 amide bonds. The summed E-state index contributed by atoms with van der Waals surface area (Å²) in [4.78, 5) is 24.1. The summed E-state index contributed by atoms with van der Waals surface area (Å²) >= 11 is 18.1. The van der Waals surface area contributed by atoms with Crippen LogP contribution in [0.4, 0.5) is 5.69 Å². The number of nitrogens with one attached hydrogen (secondary N) is 2. The second kappa shape index (κ2) is 13.0. The van der Waals surface area contributed by atoms with Crippen molar-refractivity contribution in [3.05, 3.63) is 86.9 Å². The van der Waals surface area contributed by atoms with Gasteiger partial charge < -0.3 is 14.8 Å². The average molecular weight is 535 g/mol. The monoisotopic (exact) mass is 533 g/mol. The SMILES string of the molecule is CCOc1cc(C=NNC(=O)CC(=O)Nc2ccccc2Cl)ccc1OCc1ccc(Cl)cc1Cl. The van der Waals surface area contributed by atoms with Gasteiger partial charge in [0.1, 0.15) is 13.0 Å². The van der Waals surface area contributed by atoms with Gasteiger partial charge in [0, 0.05) is 15.6 Å². The minimum absolute atomic E-state index is 0.232. The molecule has 0 aliphatic heterocycles. The van der Waals surface area contributed by atoms with E-state index in [2.05, 4.69) is 15.8 Å². The normalized spacial score (nSPS) is 10.7. The Balaban J connectivity index is 1.56. The fourth-order valence-electron chi connectivity index (χ4n) is 2.91. The van der Waals surface area contributed by atoms with E-state index in [0.717, 1.165) is 5.56 Å². The van der Waals surface area contributed by atoms with Crippen molar-refractivity contribution in [2.75, 3.05) is 11.9 Å². The van der Waals surface area contributed by atoms with Crippen LogP contribution in [0.5, 0.6) is 11.5 Å². The van der Waals surface area contributed by atoms with E-state index in [-0.39, 0.29) is 6.61 Å². The summed E-state index contributed by atoms with van der Waals surface area (Å²) in [5.74, 6) is -0.0513. The first-order valence-electron chi connectivity index (χ1n) is 10.6. The van der Waals surface area contributed by atoms with Crippen molar-refractivity contribution >= 4 is 58.5 Å². The highest BCUT2D eigenvalue weighted by molar-refractivity contribution is 6.35. The van der Waals surface area contributed by atoms with Gasteiger partial charge in [0.2, 0.25) is 11.8 Å². The molecule has 0 atom stereocenters. The van der Waals surface area contributed by atoms with Crippen LogP contribution in [0.3, 0.4) is 0 Å². The Morgan fingerprint density at radius 1 is 0.914 bits per heavy atom. The van der Waals surface area contributed by atoms with E-state index < -0.39 is 18.2 Å². The quantitative estimate of drug-likeness (QED) is 0.187. The number of ether oxygens (including phenoxy) is 2. The van der Waals surface area contributed by atoms with E-state index in [9.17, 15) is 9.59 Å². The topological polar surface area (TPSA) is 89.0 Å². The maximum Gasteiger partial charge on any atom is 0.249 e. The number of halogens is 3. The van der Waals surface area contributed by atoms with Crippen LogP contribution in [0, 0.1) is 0 Å². The zero-order valence-electron chi connectivity index (χ0n) is 18.7. The van der Waals surface area contributed by atoms with E-state index in [1.165, 1.54) is 6.21 Å². The number of hydrogen-bond acceptors (Lipinski definition) is 5. The van der Waals surface area contributed by atoms with Gasteiger partial charge in [-0.05, 0) is 55.0 Å². The summed E-state index contributed by atoms with van der Waals surface area (Å²) in [5.41, 5.74) is 4.20. The number of hydrazone groups is 1. The summed E-state index contributed by atoms with van der Waals surface area (Å²) < 4.78 is 11.5. The first-order valence-corrected chi connectivity index (χ1v) is 11.7. The predicted molar refractivity (Wildman–Crippen MR) is 139 cm³/mol. The molecule has 0 saturated carbocycles. The fraction of sp³-hybridized carbons (Fsp3) is 0.160. The van der Waals surface area contributed by atoms with Crippen LogP contribution in [-0.2, 0) is 16.2 Å². The highest BCUT2D eigenvalue weighted by Gasteiger charge is 2.11. The summed E-state index contributed by atoms with van der Waals surface area (Å²) in [6.45, 7) is 2.51. The maximum absolute atomic E-state index is 12.0. The van der Waals surface area contributed by atoms with E-state index in [1.807, 2.05) is 6.92 Å². The molecule has 0 saturated heterocycles. The molecule has 10 heteroatoms. The van der Waals surface area contributed by atoms with Crippen LogP contribution in [0.15, 0.2) is 65.8 Å². The van der Waals surface area contributed by atoms with Gasteiger partial charge in [0.05, 0.1) is 23.5 Å². The molecule has 0 aliphatic rings. The molecular weight excluding hydrogens is 513 g/mol. The number of carbonyl (C=O) groups is 2. The van der Waals surface area contributed by atoms with Crippen LogP contribution >= 0.6 is 34.8 Å². The molecule has 0 heterocycles. The molecule has 0 spiro atoms. The second-order valence-electron chi connectivity index (χ2n) is 7.16. The molecule has 2 N–H and O–H groups in total. The lowest BCUT2D eigenvalue weighted by Gasteiger charge is -2.13. The van der Waals surface area contributed by atoms with Gasteiger partial charge in [-0.15, -0.1) is 0 Å². The molecule has 0 bridgehead atoms. The van der Waals surface area contributed by atoms with Gasteiger partial charge in [-0.2, -0.15) is 5.10 Å². The van der Waals surface area contributed by atoms with Crippen molar-refractivity contribution in [3.8, 4) is 11.5 Å². The predicted octanol–water partition coefficient (Wildman–Crippen LogP) is 6.10. The first-order chi connectivity index (χ1) is 16.9. The molecule has 35 heavy (non-hydrogen) atoms. The third kappa shape index (κ3) is 8.17. The molecule has 182 valence electrons. The number of amides is 2. The maximum atomic E-state index is 12.0. The van der Waals surface area contributed by atoms with Crippen LogP contribution in [0.25, 0.3) is 0 Å². The Kier molecular flexibility index (Phi) is 9.78. The van der Waals surface area contributed by atoms with Gasteiger partial charge >= 0.3 is 0 Å². The van der Waals surface area contributed by atoms with E-state index >= 15 is 0 Å². The van der Waals surface area contributed by atoms with Crippen molar-refractivity contribution in [3.63, 3.8) is 0 Å². The van der Waals surface area contributed by atoms with E-state index in [0.29, 0.717) is 44.4 Å². The highest BCUT2D eigenvalue weighted by atomic mass is 35.5. The van der Waals surface area contributed by atoms with Crippen LogP contribution in [0.2, 0.25) is 15.1 Å². The lowest BCUT2D eigenvalue weighted by Crippen LogP contribution is -2.24. The molecule has 0 unspecified atom stereocenters. The van der Waals surface area contributed by atoms with Crippen molar-refractivity contribution in [2.24, 2.45) is 5.10 Å². The Morgan fingerprint density at radius 3 is 2.46 bits per heavy atom. The number of anilines is 1. The smallest absolute Gasteiger partial charge is 0.249 e. The highest BCUT2D eigenvalue weighted by Crippen LogP contribution is 2.30. The standard InChI is InChI=1S/C25H22Cl3N3O4/c1-2-34-23-11-16(7-10-22(23)35-15-17-8-9-18(26)12-20(17)28)14-29-31-25(33)13-24(32)30-21-6-4-3-5-19(21)27/h3-12,14H,2,13,15H2,1H3,(H,30,32)(H,31,33). The van der Waals surface area contributed by atoms with Crippen LogP contribution in [0.1, 0.15) is 24.5 Å². The zero-order valence-corrected chi connectivity index (χ0v) is 21.0. The molecular formula is C25H22Cl3N3O4. The lowest BCUT2D eigenvalue weighted by molar-refractivity contribution is -0.126. The van der Waals surface area contributed by atoms with Gasteiger partial charge in [0.25, 0.3) is 0 Å². The Bertz CT molecular complexity index is 1230. The van der Waals surface area contributed by atoms with E-state index in [1.54, 1.807) is 60.7 Å². The number of para-hydroxylation sites is 1.